The van der Waals surface area contributed by atoms with Gasteiger partial charge in [-0.1, -0.05) is 13.8 Å². The Balaban J connectivity index is 4.12. The molecule has 0 radical (unpaired) electrons. The van der Waals surface area contributed by atoms with Crippen LogP contribution in [0, 0.1) is 11.8 Å². The molecule has 0 saturated heterocycles. The molecule has 0 heterocycles. The van der Waals surface area contributed by atoms with E-state index in [0.29, 0.717) is 0 Å². The Morgan fingerprint density at radius 3 is 1.82 bits per heavy atom. The number of hydrogen-bond acceptors (Lipinski definition) is 2. The zero-order chi connectivity index (χ0) is 9.02. The highest BCUT2D eigenvalue weighted by Gasteiger charge is 2.23. The summed E-state index contributed by atoms with van der Waals surface area (Å²) in [6.07, 6.45) is -0.299. The van der Waals surface area contributed by atoms with Gasteiger partial charge in [-0.05, 0) is 5.92 Å². The van der Waals surface area contributed by atoms with Crippen molar-refractivity contribution in [2.24, 2.45) is 11.8 Å². The maximum atomic E-state index is 10.4. The standard InChI is InChI=1S/C7H12O4/c1-4(2)5(7(10)11)3-6(8)9/h4-5H,3H2,1-2H3,(H,8,9)(H,10,11)/t5-/m1/s1. The van der Waals surface area contributed by atoms with Crippen LogP contribution in [0.4, 0.5) is 0 Å². The van der Waals surface area contributed by atoms with Gasteiger partial charge < -0.3 is 10.2 Å². The van der Waals surface area contributed by atoms with Gasteiger partial charge in [-0.25, -0.2) is 0 Å². The zero-order valence-electron chi connectivity index (χ0n) is 6.57. The summed E-state index contributed by atoms with van der Waals surface area (Å²) in [6, 6.07) is 0. The minimum absolute atomic E-state index is 0.136. The Kier molecular flexibility index (Phi) is 3.57. The number of carbonyl (C=O) groups is 2. The number of aliphatic carboxylic acids is 2. The minimum Gasteiger partial charge on any atom is -0.481 e. The van der Waals surface area contributed by atoms with Crippen molar-refractivity contribution in [3.05, 3.63) is 0 Å². The molecule has 0 amide bonds. The summed E-state index contributed by atoms with van der Waals surface area (Å²) in [6.45, 7) is 3.39. The third kappa shape index (κ3) is 3.60. The fraction of sp³-hybridized carbons (Fsp3) is 0.714. The molecule has 0 aromatic heterocycles. The highest BCUT2D eigenvalue weighted by Crippen LogP contribution is 2.14. The summed E-state index contributed by atoms with van der Waals surface area (Å²) in [5, 5.41) is 16.8. The van der Waals surface area contributed by atoms with E-state index in [4.69, 9.17) is 10.2 Å². The first-order chi connectivity index (χ1) is 4.95. The van der Waals surface area contributed by atoms with E-state index in [9.17, 15) is 9.59 Å². The maximum absolute atomic E-state index is 10.4. The molecule has 2 N–H and O–H groups in total. The molecular formula is C7H12O4. The second-order valence-electron chi connectivity index (χ2n) is 2.79. The molecule has 0 rings (SSSR count). The summed E-state index contributed by atoms with van der Waals surface area (Å²) in [5.74, 6) is -3.01. The molecule has 0 fully saturated rings. The topological polar surface area (TPSA) is 74.6 Å². The predicted octanol–water partition coefficient (Wildman–Crippen LogP) is 0.818. The van der Waals surface area contributed by atoms with E-state index in [1.54, 1.807) is 13.8 Å². The van der Waals surface area contributed by atoms with Crippen molar-refractivity contribution < 1.29 is 19.8 Å². The van der Waals surface area contributed by atoms with Crippen LogP contribution in [0.5, 0.6) is 0 Å². The molecular weight excluding hydrogens is 148 g/mol. The molecule has 0 unspecified atom stereocenters. The average molecular weight is 160 g/mol. The molecule has 0 spiro atoms. The molecule has 0 saturated carbocycles. The highest BCUT2D eigenvalue weighted by atomic mass is 16.4. The van der Waals surface area contributed by atoms with Crippen molar-refractivity contribution in [3.8, 4) is 0 Å². The lowest BCUT2D eigenvalue weighted by molar-refractivity contribution is -0.149. The third-order valence-electron chi connectivity index (χ3n) is 1.52. The lowest BCUT2D eigenvalue weighted by Crippen LogP contribution is -2.22. The van der Waals surface area contributed by atoms with Gasteiger partial charge in [0.25, 0.3) is 0 Å². The van der Waals surface area contributed by atoms with Crippen LogP contribution in [0.25, 0.3) is 0 Å². The van der Waals surface area contributed by atoms with Crippen molar-refractivity contribution in [2.45, 2.75) is 20.3 Å². The van der Waals surface area contributed by atoms with Gasteiger partial charge in [0.1, 0.15) is 0 Å². The summed E-state index contributed by atoms with van der Waals surface area (Å²) < 4.78 is 0. The van der Waals surface area contributed by atoms with Gasteiger partial charge in [-0.2, -0.15) is 0 Å². The van der Waals surface area contributed by atoms with Crippen LogP contribution in [0.15, 0.2) is 0 Å². The Labute approximate surface area is 64.8 Å². The van der Waals surface area contributed by atoms with Crippen molar-refractivity contribution >= 4 is 11.9 Å². The van der Waals surface area contributed by atoms with Crippen LogP contribution < -0.4 is 0 Å². The summed E-state index contributed by atoms with van der Waals surface area (Å²) in [7, 11) is 0. The number of carboxylic acid groups (broad SMARTS) is 2. The first-order valence-corrected chi connectivity index (χ1v) is 3.39. The zero-order valence-corrected chi connectivity index (χ0v) is 6.57. The lowest BCUT2D eigenvalue weighted by atomic mass is 9.93. The van der Waals surface area contributed by atoms with Crippen molar-refractivity contribution in [3.63, 3.8) is 0 Å². The van der Waals surface area contributed by atoms with Crippen LogP contribution in [-0.2, 0) is 9.59 Å². The second-order valence-corrected chi connectivity index (χ2v) is 2.79. The molecule has 0 aliphatic rings. The van der Waals surface area contributed by atoms with E-state index in [0.717, 1.165) is 0 Å². The summed E-state index contributed by atoms with van der Waals surface area (Å²) in [5.41, 5.74) is 0. The highest BCUT2D eigenvalue weighted by molar-refractivity contribution is 5.77. The monoisotopic (exact) mass is 160 g/mol. The van der Waals surface area contributed by atoms with Crippen LogP contribution in [0.2, 0.25) is 0 Å². The molecule has 64 valence electrons. The van der Waals surface area contributed by atoms with Crippen LogP contribution in [0.3, 0.4) is 0 Å². The number of carboxylic acids is 2. The molecule has 1 atom stereocenters. The Morgan fingerprint density at radius 2 is 1.73 bits per heavy atom. The van der Waals surface area contributed by atoms with Gasteiger partial charge in [-0.3, -0.25) is 9.59 Å². The van der Waals surface area contributed by atoms with Gasteiger partial charge in [0.15, 0.2) is 0 Å². The smallest absolute Gasteiger partial charge is 0.307 e. The fourth-order valence-electron chi connectivity index (χ4n) is 0.796. The van der Waals surface area contributed by atoms with E-state index in [-0.39, 0.29) is 12.3 Å². The van der Waals surface area contributed by atoms with Crippen LogP contribution in [0.1, 0.15) is 20.3 Å². The molecule has 4 nitrogen and oxygen atoms in total. The molecule has 0 aromatic carbocycles. The largest absolute Gasteiger partial charge is 0.481 e. The molecule has 0 aromatic rings. The molecule has 0 aliphatic carbocycles. The first-order valence-electron chi connectivity index (χ1n) is 3.39. The van der Waals surface area contributed by atoms with Crippen LogP contribution >= 0.6 is 0 Å². The molecule has 4 heteroatoms. The summed E-state index contributed by atoms with van der Waals surface area (Å²) in [4.78, 5) is 20.6. The average Bonchev–Trinajstić information content (AvgIpc) is 1.81. The van der Waals surface area contributed by atoms with Gasteiger partial charge in [0, 0.05) is 0 Å². The van der Waals surface area contributed by atoms with E-state index in [1.807, 2.05) is 0 Å². The van der Waals surface area contributed by atoms with Crippen LogP contribution in [-0.4, -0.2) is 22.2 Å². The first kappa shape index (κ1) is 9.94. The molecule has 0 aliphatic heterocycles. The fourth-order valence-corrected chi connectivity index (χ4v) is 0.796. The lowest BCUT2D eigenvalue weighted by Gasteiger charge is -2.12. The SMILES string of the molecule is CC(C)[C@@H](CC(=O)O)C(=O)O. The normalized spacial score (nSPS) is 13.0. The van der Waals surface area contributed by atoms with Crippen molar-refractivity contribution in [1.82, 2.24) is 0 Å². The quantitative estimate of drug-likeness (QED) is 0.638. The molecule has 0 bridgehead atoms. The Morgan fingerprint density at radius 1 is 1.27 bits per heavy atom. The van der Waals surface area contributed by atoms with Crippen molar-refractivity contribution in [1.29, 1.82) is 0 Å². The molecule has 11 heavy (non-hydrogen) atoms. The predicted molar refractivity (Wildman–Crippen MR) is 38.2 cm³/mol. The maximum Gasteiger partial charge on any atom is 0.307 e. The van der Waals surface area contributed by atoms with Gasteiger partial charge >= 0.3 is 11.9 Å². The Hall–Kier alpha value is -1.06. The summed E-state index contributed by atoms with van der Waals surface area (Å²) >= 11 is 0. The van der Waals surface area contributed by atoms with Gasteiger partial charge in [0.2, 0.25) is 0 Å². The van der Waals surface area contributed by atoms with E-state index in [2.05, 4.69) is 0 Å². The van der Waals surface area contributed by atoms with Gasteiger partial charge in [0.05, 0.1) is 12.3 Å². The van der Waals surface area contributed by atoms with E-state index >= 15 is 0 Å². The van der Waals surface area contributed by atoms with E-state index < -0.39 is 17.9 Å². The Bertz CT molecular complexity index is 162. The third-order valence-corrected chi connectivity index (χ3v) is 1.52. The number of hydrogen-bond donors (Lipinski definition) is 2. The van der Waals surface area contributed by atoms with Crippen molar-refractivity contribution in [2.75, 3.05) is 0 Å². The van der Waals surface area contributed by atoms with E-state index in [1.165, 1.54) is 0 Å². The van der Waals surface area contributed by atoms with Gasteiger partial charge in [-0.15, -0.1) is 0 Å². The number of rotatable bonds is 4. The minimum atomic E-state index is -1.06. The second kappa shape index (κ2) is 3.95.